The second-order valence-corrected chi connectivity index (χ2v) is 5.11. The zero-order valence-corrected chi connectivity index (χ0v) is 12.7. The molecule has 3 N–H and O–H groups in total. The Labute approximate surface area is 137 Å². The lowest BCUT2D eigenvalue weighted by Crippen LogP contribution is -2.15. The van der Waals surface area contributed by atoms with Crippen molar-refractivity contribution < 1.29 is 14.8 Å². The maximum Gasteiger partial charge on any atom is 0.274 e. The quantitative estimate of drug-likeness (QED) is 0.556. The number of amides is 1. The van der Waals surface area contributed by atoms with Gasteiger partial charge in [0.05, 0.1) is 10.5 Å². The van der Waals surface area contributed by atoms with Crippen LogP contribution in [-0.4, -0.2) is 22.5 Å². The number of hydrogen-bond donors (Lipinski definition) is 3. The number of rotatable bonds is 6. The smallest absolute Gasteiger partial charge is 0.274 e. The summed E-state index contributed by atoms with van der Waals surface area (Å²) in [6, 6.07) is 11.1. The minimum absolute atomic E-state index is 0.0216. The van der Waals surface area contributed by atoms with Crippen LogP contribution in [0.25, 0.3) is 0 Å². The normalized spacial score (nSPS) is 10.2. The van der Waals surface area contributed by atoms with Crippen molar-refractivity contribution in [2.45, 2.75) is 6.54 Å². The van der Waals surface area contributed by atoms with Crippen LogP contribution in [0.3, 0.4) is 0 Å². The number of nitro benzene ring substituents is 1. The maximum absolute atomic E-state index is 11.2. The molecule has 120 valence electrons. The van der Waals surface area contributed by atoms with E-state index in [2.05, 4.69) is 10.6 Å². The Morgan fingerprint density at radius 1 is 1.22 bits per heavy atom. The predicted molar refractivity (Wildman–Crippen MR) is 87.6 cm³/mol. The van der Waals surface area contributed by atoms with Crippen molar-refractivity contribution in [2.24, 2.45) is 0 Å². The van der Waals surface area contributed by atoms with Gasteiger partial charge in [0.2, 0.25) is 5.91 Å². The molecule has 0 fully saturated rings. The average molecular weight is 336 g/mol. The summed E-state index contributed by atoms with van der Waals surface area (Å²) in [6.07, 6.45) is 0. The third-order valence-corrected chi connectivity index (χ3v) is 3.25. The fraction of sp³-hybridized carbons (Fsp3) is 0.133. The molecule has 0 saturated carbocycles. The van der Waals surface area contributed by atoms with Gasteiger partial charge in [-0.3, -0.25) is 14.9 Å². The standard InChI is InChI=1S/C15H14ClN3O4/c16-11-4-5-14(19(22)23)10(6-11)8-17-12-2-1-3-13(7-12)18-15(21)9-20/h1-7,17,20H,8-9H2,(H,18,21). The summed E-state index contributed by atoms with van der Waals surface area (Å²) >= 11 is 5.88. The van der Waals surface area contributed by atoms with Crippen LogP contribution in [0.15, 0.2) is 42.5 Å². The first-order valence-corrected chi connectivity index (χ1v) is 7.05. The highest BCUT2D eigenvalue weighted by atomic mass is 35.5. The monoisotopic (exact) mass is 335 g/mol. The molecule has 1 amide bonds. The second-order valence-electron chi connectivity index (χ2n) is 4.67. The van der Waals surface area contributed by atoms with Crippen LogP contribution in [0.1, 0.15) is 5.56 Å². The highest BCUT2D eigenvalue weighted by Gasteiger charge is 2.13. The molecule has 7 nitrogen and oxygen atoms in total. The lowest BCUT2D eigenvalue weighted by molar-refractivity contribution is -0.385. The molecule has 0 saturated heterocycles. The van der Waals surface area contributed by atoms with E-state index < -0.39 is 17.4 Å². The molecule has 8 heteroatoms. The van der Waals surface area contributed by atoms with Gasteiger partial charge in [0, 0.05) is 29.0 Å². The van der Waals surface area contributed by atoms with Gasteiger partial charge in [-0.2, -0.15) is 0 Å². The zero-order chi connectivity index (χ0) is 16.8. The molecule has 0 bridgehead atoms. The molecular formula is C15H14ClN3O4. The Kier molecular flexibility index (Phi) is 5.51. The van der Waals surface area contributed by atoms with E-state index >= 15 is 0 Å². The summed E-state index contributed by atoms with van der Waals surface area (Å²) in [5.74, 6) is -0.521. The van der Waals surface area contributed by atoms with Crippen molar-refractivity contribution in [1.29, 1.82) is 0 Å². The Balaban J connectivity index is 2.12. The van der Waals surface area contributed by atoms with Crippen LogP contribution < -0.4 is 10.6 Å². The molecule has 0 atom stereocenters. The molecule has 0 aliphatic rings. The number of anilines is 2. The number of hydrogen-bond acceptors (Lipinski definition) is 5. The third-order valence-electron chi connectivity index (χ3n) is 3.01. The number of carbonyl (C=O) groups is 1. The molecule has 2 rings (SSSR count). The Morgan fingerprint density at radius 3 is 2.65 bits per heavy atom. The van der Waals surface area contributed by atoms with Crippen molar-refractivity contribution in [1.82, 2.24) is 0 Å². The van der Waals surface area contributed by atoms with Gasteiger partial charge in [0.25, 0.3) is 5.69 Å². The lowest BCUT2D eigenvalue weighted by Gasteiger charge is -2.10. The predicted octanol–water partition coefficient (Wildman–Crippen LogP) is 2.79. The van der Waals surface area contributed by atoms with Gasteiger partial charge in [-0.05, 0) is 30.3 Å². The van der Waals surface area contributed by atoms with E-state index in [1.165, 1.54) is 18.2 Å². The summed E-state index contributed by atoms with van der Waals surface area (Å²) in [4.78, 5) is 21.7. The van der Waals surface area contributed by atoms with E-state index in [4.69, 9.17) is 16.7 Å². The number of nitrogens with zero attached hydrogens (tertiary/aromatic N) is 1. The largest absolute Gasteiger partial charge is 0.387 e. The number of nitro groups is 1. The van der Waals surface area contributed by atoms with E-state index in [9.17, 15) is 14.9 Å². The maximum atomic E-state index is 11.2. The van der Waals surface area contributed by atoms with E-state index in [0.29, 0.717) is 22.0 Å². The molecule has 0 spiro atoms. The minimum Gasteiger partial charge on any atom is -0.387 e. The first-order valence-electron chi connectivity index (χ1n) is 6.67. The summed E-state index contributed by atoms with van der Waals surface area (Å²) in [7, 11) is 0. The fourth-order valence-electron chi connectivity index (χ4n) is 1.98. The van der Waals surface area contributed by atoms with E-state index in [-0.39, 0.29) is 12.2 Å². The number of carbonyl (C=O) groups excluding carboxylic acids is 1. The summed E-state index contributed by atoms with van der Waals surface area (Å²) < 4.78 is 0. The van der Waals surface area contributed by atoms with Crippen LogP contribution >= 0.6 is 11.6 Å². The highest BCUT2D eigenvalue weighted by Crippen LogP contribution is 2.24. The average Bonchev–Trinajstić information content (AvgIpc) is 2.53. The first-order chi connectivity index (χ1) is 11.0. The summed E-state index contributed by atoms with van der Waals surface area (Å²) in [5, 5.41) is 25.7. The molecule has 0 radical (unpaired) electrons. The lowest BCUT2D eigenvalue weighted by atomic mass is 10.1. The molecule has 0 aliphatic carbocycles. The molecule has 0 aliphatic heterocycles. The number of halogens is 1. The zero-order valence-electron chi connectivity index (χ0n) is 12.0. The van der Waals surface area contributed by atoms with Crippen LogP contribution in [0.5, 0.6) is 0 Å². The molecule has 0 unspecified atom stereocenters. The number of nitrogens with one attached hydrogen (secondary N) is 2. The van der Waals surface area contributed by atoms with Crippen LogP contribution in [-0.2, 0) is 11.3 Å². The Hall–Kier alpha value is -2.64. The summed E-state index contributed by atoms with van der Waals surface area (Å²) in [6.45, 7) is -0.402. The van der Waals surface area contributed by atoms with E-state index in [0.717, 1.165) is 0 Å². The summed E-state index contributed by atoms with van der Waals surface area (Å²) in [5.41, 5.74) is 1.60. The molecule has 23 heavy (non-hydrogen) atoms. The highest BCUT2D eigenvalue weighted by molar-refractivity contribution is 6.30. The van der Waals surface area contributed by atoms with Gasteiger partial charge in [0.1, 0.15) is 6.61 Å². The first kappa shape index (κ1) is 16.7. The molecule has 2 aromatic carbocycles. The van der Waals surface area contributed by atoms with Crippen LogP contribution in [0, 0.1) is 10.1 Å². The van der Waals surface area contributed by atoms with Crippen molar-refractivity contribution in [3.63, 3.8) is 0 Å². The number of aliphatic hydroxyl groups is 1. The molecule has 0 heterocycles. The molecule has 2 aromatic rings. The molecular weight excluding hydrogens is 322 g/mol. The van der Waals surface area contributed by atoms with Gasteiger partial charge in [-0.25, -0.2) is 0 Å². The van der Waals surface area contributed by atoms with Gasteiger partial charge in [-0.1, -0.05) is 17.7 Å². The minimum atomic E-state index is -0.605. The molecule has 0 aromatic heterocycles. The number of aliphatic hydroxyl groups excluding tert-OH is 1. The van der Waals surface area contributed by atoms with Crippen molar-refractivity contribution in [2.75, 3.05) is 17.2 Å². The van der Waals surface area contributed by atoms with Gasteiger partial charge in [-0.15, -0.1) is 0 Å². The number of benzene rings is 2. The van der Waals surface area contributed by atoms with Crippen LogP contribution in [0.2, 0.25) is 5.02 Å². The topological polar surface area (TPSA) is 104 Å². The second kappa shape index (κ2) is 7.57. The Morgan fingerprint density at radius 2 is 1.96 bits per heavy atom. The van der Waals surface area contributed by atoms with Gasteiger partial charge >= 0.3 is 0 Å². The third kappa shape index (κ3) is 4.67. The van der Waals surface area contributed by atoms with Crippen LogP contribution in [0.4, 0.5) is 17.1 Å². The van der Waals surface area contributed by atoms with E-state index in [1.807, 2.05) is 0 Å². The SMILES string of the molecule is O=C(CO)Nc1cccc(NCc2cc(Cl)ccc2[N+](=O)[O-])c1. The van der Waals surface area contributed by atoms with Crippen molar-refractivity contribution in [3.8, 4) is 0 Å². The van der Waals surface area contributed by atoms with Crippen molar-refractivity contribution >= 4 is 34.6 Å². The Bertz CT molecular complexity index is 736. The van der Waals surface area contributed by atoms with Gasteiger partial charge in [0.15, 0.2) is 0 Å². The fourth-order valence-corrected chi connectivity index (χ4v) is 2.17. The van der Waals surface area contributed by atoms with E-state index in [1.54, 1.807) is 24.3 Å². The van der Waals surface area contributed by atoms with Gasteiger partial charge < -0.3 is 15.7 Å². The van der Waals surface area contributed by atoms with Crippen molar-refractivity contribution in [3.05, 3.63) is 63.2 Å².